The standard InChI is InChI=1S/C21H15F3N2O2.C9H14F3N3.C2H3F3.CH5N/c22-16-6-13(7-17(23)10-16)8-20(26-12-28)21-18(2-1-5-25-21)14-3-4-19(24)15(9-14)11-27;1-3-13-5-7-6-15(4-2)14-8(7)9(10,11)12;1-2(3,4)5;1-2/h1-7,9-12,20H,8H2,(H,26,28);6,13H,3-5H2,1-2H3;1H3;2H2,1H3. The molecule has 8 nitrogen and oxygen atoms in total. The highest BCUT2D eigenvalue weighted by molar-refractivity contribution is 5.80. The number of halogens is 9. The molecule has 1 amide bonds. The largest absolute Gasteiger partial charge is 0.435 e. The summed E-state index contributed by atoms with van der Waals surface area (Å²) in [6, 6.07) is 9.81. The molecule has 0 fully saturated rings. The molecule has 1 atom stereocenters. The molecule has 0 saturated heterocycles. The lowest BCUT2D eigenvalue weighted by Crippen LogP contribution is -2.23. The zero-order valence-electron chi connectivity index (χ0n) is 27.5. The van der Waals surface area contributed by atoms with Gasteiger partial charge in [0.05, 0.1) is 17.3 Å². The molecule has 2 heterocycles. The number of amides is 1. The van der Waals surface area contributed by atoms with E-state index >= 15 is 0 Å². The molecule has 4 N–H and O–H groups in total. The van der Waals surface area contributed by atoms with Gasteiger partial charge in [-0.2, -0.15) is 31.4 Å². The molecule has 4 rings (SSSR count). The molecule has 274 valence electrons. The van der Waals surface area contributed by atoms with Crippen molar-refractivity contribution in [3.8, 4) is 11.1 Å². The molecule has 4 aromatic rings. The Balaban J connectivity index is 0.000000475. The van der Waals surface area contributed by atoms with Gasteiger partial charge in [-0.3, -0.25) is 19.3 Å². The van der Waals surface area contributed by atoms with Crippen molar-refractivity contribution in [1.82, 2.24) is 25.4 Å². The second kappa shape index (κ2) is 20.7. The van der Waals surface area contributed by atoms with Crippen molar-refractivity contribution < 1.29 is 49.1 Å². The van der Waals surface area contributed by atoms with Gasteiger partial charge in [-0.05, 0) is 68.4 Å². The molecular formula is C33H37F9N6O2. The molecule has 0 saturated carbocycles. The van der Waals surface area contributed by atoms with Gasteiger partial charge in [0.15, 0.2) is 12.0 Å². The molecule has 0 bridgehead atoms. The number of aryl methyl sites for hydroxylation is 1. The van der Waals surface area contributed by atoms with Crippen LogP contribution in [0, 0.1) is 17.5 Å². The summed E-state index contributed by atoms with van der Waals surface area (Å²) >= 11 is 0. The Morgan fingerprint density at radius 3 is 2.08 bits per heavy atom. The van der Waals surface area contributed by atoms with Crippen LogP contribution in [-0.4, -0.2) is 47.2 Å². The monoisotopic (exact) mass is 720 g/mol. The van der Waals surface area contributed by atoms with E-state index in [0.29, 0.717) is 48.2 Å². The minimum Gasteiger partial charge on any atom is -0.350 e. The van der Waals surface area contributed by atoms with Gasteiger partial charge in [-0.1, -0.05) is 19.1 Å². The maximum atomic E-state index is 13.7. The molecule has 0 radical (unpaired) electrons. The number of nitrogens with two attached hydrogens (primary N) is 1. The summed E-state index contributed by atoms with van der Waals surface area (Å²) in [5.74, 6) is -2.10. The van der Waals surface area contributed by atoms with Crippen LogP contribution in [0.4, 0.5) is 39.5 Å². The Morgan fingerprint density at radius 1 is 0.940 bits per heavy atom. The molecule has 50 heavy (non-hydrogen) atoms. The van der Waals surface area contributed by atoms with Gasteiger partial charge < -0.3 is 16.4 Å². The average molecular weight is 721 g/mol. The van der Waals surface area contributed by atoms with Crippen LogP contribution in [0.2, 0.25) is 0 Å². The first kappa shape index (κ1) is 43.3. The summed E-state index contributed by atoms with van der Waals surface area (Å²) in [6.07, 6.45) is -4.46. The van der Waals surface area contributed by atoms with Crippen molar-refractivity contribution >= 4 is 12.7 Å². The van der Waals surface area contributed by atoms with E-state index in [4.69, 9.17) is 0 Å². The number of nitrogens with one attached hydrogen (secondary N) is 2. The van der Waals surface area contributed by atoms with Crippen molar-refractivity contribution in [1.29, 1.82) is 0 Å². The number of pyridine rings is 1. The van der Waals surface area contributed by atoms with E-state index in [1.54, 1.807) is 19.1 Å². The van der Waals surface area contributed by atoms with Crippen LogP contribution in [0.5, 0.6) is 0 Å². The minimum atomic E-state index is -4.37. The zero-order valence-corrected chi connectivity index (χ0v) is 27.5. The number of nitrogens with zero attached hydrogens (tertiary/aromatic N) is 3. The number of hydrogen-bond donors (Lipinski definition) is 3. The van der Waals surface area contributed by atoms with Gasteiger partial charge in [0, 0.05) is 49.6 Å². The summed E-state index contributed by atoms with van der Waals surface area (Å²) in [5.41, 5.74) is 5.64. The van der Waals surface area contributed by atoms with Crippen LogP contribution in [0.25, 0.3) is 11.1 Å². The fourth-order valence-corrected chi connectivity index (χ4v) is 4.27. The van der Waals surface area contributed by atoms with Crippen LogP contribution in [0.15, 0.2) is 60.9 Å². The average Bonchev–Trinajstić information content (AvgIpc) is 3.48. The van der Waals surface area contributed by atoms with Crippen molar-refractivity contribution in [2.45, 2.75) is 58.7 Å². The lowest BCUT2D eigenvalue weighted by atomic mass is 9.95. The molecular weight excluding hydrogens is 683 g/mol. The fraction of sp³-hybridized carbons (Fsp3) is 0.333. The summed E-state index contributed by atoms with van der Waals surface area (Å²) in [5, 5.41) is 8.97. The second-order valence-corrected chi connectivity index (χ2v) is 10.0. The molecule has 2 aromatic carbocycles. The van der Waals surface area contributed by atoms with E-state index in [9.17, 15) is 49.1 Å². The maximum Gasteiger partial charge on any atom is 0.435 e. The molecule has 0 aliphatic heterocycles. The van der Waals surface area contributed by atoms with Crippen LogP contribution in [0.1, 0.15) is 59.7 Å². The molecule has 0 spiro atoms. The summed E-state index contributed by atoms with van der Waals surface area (Å²) in [6.45, 7) is 5.06. The van der Waals surface area contributed by atoms with E-state index in [1.807, 2.05) is 6.92 Å². The van der Waals surface area contributed by atoms with Gasteiger partial charge >= 0.3 is 12.4 Å². The Morgan fingerprint density at radius 2 is 1.56 bits per heavy atom. The van der Waals surface area contributed by atoms with Gasteiger partial charge in [-0.25, -0.2) is 13.2 Å². The second-order valence-electron chi connectivity index (χ2n) is 10.0. The third-order valence-electron chi connectivity index (χ3n) is 6.23. The summed E-state index contributed by atoms with van der Waals surface area (Å²) < 4.78 is 111. The Labute approximate surface area is 282 Å². The number of aldehydes is 1. The lowest BCUT2D eigenvalue weighted by molar-refractivity contribution is -0.142. The first-order valence-corrected chi connectivity index (χ1v) is 14.8. The number of hydrogen-bond acceptors (Lipinski definition) is 6. The van der Waals surface area contributed by atoms with Gasteiger partial charge in [0.1, 0.15) is 17.5 Å². The topological polar surface area (TPSA) is 115 Å². The predicted octanol–water partition coefficient (Wildman–Crippen LogP) is 7.18. The molecule has 2 aromatic heterocycles. The number of alkyl halides is 6. The third-order valence-corrected chi connectivity index (χ3v) is 6.23. The SMILES string of the molecule is CC(F)(F)F.CCNCc1cn(CC)nc1C(F)(F)F.CN.O=CNC(Cc1cc(F)cc(F)c1)c1ncccc1-c1ccc(F)c(C=O)c1. The van der Waals surface area contributed by atoms with E-state index < -0.39 is 41.5 Å². The number of carbonyl (C=O) groups excluding carboxylic acids is 2. The number of aromatic nitrogens is 3. The summed E-state index contributed by atoms with van der Waals surface area (Å²) in [7, 11) is 1.50. The lowest BCUT2D eigenvalue weighted by Gasteiger charge is -2.19. The highest BCUT2D eigenvalue weighted by Crippen LogP contribution is 2.31. The number of rotatable bonds is 11. The molecule has 0 aliphatic carbocycles. The zero-order chi connectivity index (χ0) is 38.1. The molecule has 0 aliphatic rings. The normalized spacial score (nSPS) is 11.5. The number of benzene rings is 2. The van der Waals surface area contributed by atoms with Crippen molar-refractivity contribution in [2.75, 3.05) is 13.6 Å². The van der Waals surface area contributed by atoms with E-state index in [1.165, 1.54) is 54.5 Å². The first-order chi connectivity index (χ1) is 23.5. The molecule has 1 unspecified atom stereocenters. The van der Waals surface area contributed by atoms with Crippen LogP contribution < -0.4 is 16.4 Å². The van der Waals surface area contributed by atoms with E-state index in [-0.39, 0.29) is 31.0 Å². The van der Waals surface area contributed by atoms with Crippen molar-refractivity contribution in [3.63, 3.8) is 0 Å². The predicted molar refractivity (Wildman–Crippen MR) is 169 cm³/mol. The van der Waals surface area contributed by atoms with E-state index in [0.717, 1.165) is 6.07 Å². The van der Waals surface area contributed by atoms with Crippen molar-refractivity contribution in [3.05, 3.63) is 106 Å². The highest BCUT2D eigenvalue weighted by atomic mass is 19.4. The third kappa shape index (κ3) is 14.8. The van der Waals surface area contributed by atoms with E-state index in [2.05, 4.69) is 26.4 Å². The summed E-state index contributed by atoms with van der Waals surface area (Å²) in [4.78, 5) is 26.5. The highest BCUT2D eigenvalue weighted by Gasteiger charge is 2.36. The minimum absolute atomic E-state index is 0.0825. The Kier molecular flexibility index (Phi) is 17.9. The van der Waals surface area contributed by atoms with Crippen LogP contribution in [-0.2, 0) is 30.5 Å². The Bertz CT molecular complexity index is 1620. The van der Waals surface area contributed by atoms with Crippen molar-refractivity contribution in [2.24, 2.45) is 5.73 Å². The van der Waals surface area contributed by atoms with Gasteiger partial charge in [0.2, 0.25) is 6.41 Å². The molecule has 17 heteroatoms. The maximum absolute atomic E-state index is 13.7. The quantitative estimate of drug-likeness (QED) is 0.112. The number of carbonyl (C=O) groups is 2. The van der Waals surface area contributed by atoms with Crippen LogP contribution >= 0.6 is 0 Å². The fourth-order valence-electron chi connectivity index (χ4n) is 4.27. The Hall–Kier alpha value is -4.77. The smallest absolute Gasteiger partial charge is 0.350 e. The van der Waals surface area contributed by atoms with Gasteiger partial charge in [-0.15, -0.1) is 0 Å². The van der Waals surface area contributed by atoms with Crippen LogP contribution in [0.3, 0.4) is 0 Å². The van der Waals surface area contributed by atoms with Gasteiger partial charge in [0.25, 0.3) is 0 Å². The first-order valence-electron chi connectivity index (χ1n) is 14.8.